The maximum absolute atomic E-state index is 12.7. The number of ether oxygens (including phenoxy) is 1. The van der Waals surface area contributed by atoms with Gasteiger partial charge in [0.05, 0.1) is 17.6 Å². The van der Waals surface area contributed by atoms with Crippen LogP contribution in [0.15, 0.2) is 39.7 Å². The summed E-state index contributed by atoms with van der Waals surface area (Å²) in [5, 5.41) is 0.0784. The van der Waals surface area contributed by atoms with E-state index in [4.69, 9.17) is 20.8 Å². The van der Waals surface area contributed by atoms with Gasteiger partial charge in [-0.3, -0.25) is 19.3 Å². The largest absolute Gasteiger partial charge is 0.496 e. The molecule has 9 heteroatoms. The zero-order valence-electron chi connectivity index (χ0n) is 16.2. The molecule has 2 aliphatic heterocycles. The maximum atomic E-state index is 12.7. The molecule has 0 N–H and O–H groups in total. The molecule has 0 saturated carbocycles. The number of imide groups is 1. The molecule has 2 aliphatic rings. The van der Waals surface area contributed by atoms with Gasteiger partial charge in [-0.25, -0.2) is 0 Å². The third-order valence-electron chi connectivity index (χ3n) is 4.95. The van der Waals surface area contributed by atoms with Gasteiger partial charge in [-0.05, 0) is 54.9 Å². The van der Waals surface area contributed by atoms with Crippen molar-refractivity contribution in [2.24, 2.45) is 0 Å². The smallest absolute Gasteiger partial charge is 0.294 e. The zero-order chi connectivity index (χ0) is 21.3. The number of benzene rings is 1. The van der Waals surface area contributed by atoms with Gasteiger partial charge in [0.2, 0.25) is 5.91 Å². The van der Waals surface area contributed by atoms with Crippen molar-refractivity contribution in [3.63, 3.8) is 0 Å². The fourth-order valence-electron chi connectivity index (χ4n) is 3.42. The monoisotopic (exact) mass is 446 g/mol. The molecule has 1 aromatic heterocycles. The summed E-state index contributed by atoms with van der Waals surface area (Å²) in [6.07, 6.45) is 3.41. The Balaban J connectivity index is 1.52. The summed E-state index contributed by atoms with van der Waals surface area (Å²) in [6.45, 7) is 1.12. The van der Waals surface area contributed by atoms with Crippen LogP contribution in [0.3, 0.4) is 0 Å². The quantitative estimate of drug-likeness (QED) is 0.638. The van der Waals surface area contributed by atoms with Gasteiger partial charge in [0.25, 0.3) is 11.1 Å². The molecular formula is C21H19ClN2O5S. The van der Waals surface area contributed by atoms with Crippen LogP contribution in [0, 0.1) is 0 Å². The van der Waals surface area contributed by atoms with Crippen LogP contribution in [0.5, 0.6) is 5.75 Å². The lowest BCUT2D eigenvalue weighted by atomic mass is 10.1. The van der Waals surface area contributed by atoms with Crippen molar-refractivity contribution >= 4 is 46.5 Å². The van der Waals surface area contributed by atoms with Gasteiger partial charge in [0.1, 0.15) is 23.8 Å². The molecule has 1 aromatic carbocycles. The Kier molecular flexibility index (Phi) is 5.87. The summed E-state index contributed by atoms with van der Waals surface area (Å²) in [4.78, 5) is 40.1. The lowest BCUT2D eigenvalue weighted by molar-refractivity contribution is -0.135. The first-order chi connectivity index (χ1) is 14.5. The average Bonchev–Trinajstić information content (AvgIpc) is 3.47. The number of halogens is 1. The van der Waals surface area contributed by atoms with Gasteiger partial charge in [-0.1, -0.05) is 11.6 Å². The number of nitrogens with zero attached hydrogens (tertiary/aromatic N) is 2. The van der Waals surface area contributed by atoms with Crippen LogP contribution in [0.25, 0.3) is 17.4 Å². The molecular weight excluding hydrogens is 428 g/mol. The topological polar surface area (TPSA) is 80.1 Å². The minimum Gasteiger partial charge on any atom is -0.496 e. The Bertz CT molecular complexity index is 1040. The van der Waals surface area contributed by atoms with Gasteiger partial charge in [-0.2, -0.15) is 0 Å². The second-order valence-corrected chi connectivity index (χ2v) is 8.33. The van der Waals surface area contributed by atoms with Crippen molar-refractivity contribution < 1.29 is 23.5 Å². The van der Waals surface area contributed by atoms with Crippen LogP contribution in [0.1, 0.15) is 18.6 Å². The summed E-state index contributed by atoms with van der Waals surface area (Å²) in [5.74, 6) is 0.828. The number of carbonyl (C=O) groups is 3. The van der Waals surface area contributed by atoms with E-state index in [1.165, 1.54) is 6.08 Å². The number of thioether (sulfide) groups is 1. The molecule has 3 heterocycles. The van der Waals surface area contributed by atoms with Crippen LogP contribution >= 0.6 is 23.4 Å². The summed E-state index contributed by atoms with van der Waals surface area (Å²) < 4.78 is 11.2. The molecule has 156 valence electrons. The Morgan fingerprint density at radius 2 is 2.00 bits per heavy atom. The van der Waals surface area contributed by atoms with E-state index in [2.05, 4.69) is 0 Å². The third kappa shape index (κ3) is 4.11. The maximum Gasteiger partial charge on any atom is 0.294 e. The highest BCUT2D eigenvalue weighted by Gasteiger charge is 2.37. The van der Waals surface area contributed by atoms with Crippen LogP contribution in [0.4, 0.5) is 4.79 Å². The van der Waals surface area contributed by atoms with Gasteiger partial charge in [0.15, 0.2) is 0 Å². The van der Waals surface area contributed by atoms with Gasteiger partial charge < -0.3 is 14.1 Å². The van der Waals surface area contributed by atoms with E-state index in [0.29, 0.717) is 40.9 Å². The number of likely N-dealkylation sites (tertiary alicyclic amines) is 1. The number of rotatable bonds is 5. The molecule has 2 fully saturated rings. The van der Waals surface area contributed by atoms with Crippen molar-refractivity contribution in [3.05, 3.63) is 46.0 Å². The van der Waals surface area contributed by atoms with E-state index in [0.717, 1.165) is 29.5 Å². The fourth-order valence-corrected chi connectivity index (χ4v) is 4.41. The number of hydrogen-bond acceptors (Lipinski definition) is 6. The standard InChI is InChI=1S/C21H19ClN2O5S/c1-28-16-6-4-13(22)10-15(16)17-7-5-14(29-17)11-18-20(26)24(21(27)30-18)12-19(25)23-8-2-3-9-23/h4-7,10-11H,2-3,8-9,12H2,1H3/b18-11+. The molecule has 0 bridgehead atoms. The van der Waals surface area contributed by atoms with Crippen molar-refractivity contribution in [1.29, 1.82) is 0 Å². The Hall–Kier alpha value is -2.71. The number of amides is 3. The van der Waals surface area contributed by atoms with Crippen LogP contribution in [-0.2, 0) is 9.59 Å². The normalized spacial score (nSPS) is 18.0. The van der Waals surface area contributed by atoms with Gasteiger partial charge in [0, 0.05) is 24.2 Å². The number of furan rings is 1. The highest BCUT2D eigenvalue weighted by atomic mass is 35.5. The number of hydrogen-bond donors (Lipinski definition) is 0. The molecule has 0 aliphatic carbocycles. The number of carbonyl (C=O) groups excluding carboxylic acids is 3. The molecule has 4 rings (SSSR count). The third-order valence-corrected chi connectivity index (χ3v) is 6.10. The van der Waals surface area contributed by atoms with Gasteiger partial charge in [-0.15, -0.1) is 0 Å². The van der Waals surface area contributed by atoms with Crippen LogP contribution < -0.4 is 4.74 Å². The lowest BCUT2D eigenvalue weighted by Gasteiger charge is -2.18. The molecule has 0 unspecified atom stereocenters. The molecule has 0 atom stereocenters. The first-order valence-electron chi connectivity index (χ1n) is 9.43. The van der Waals surface area contributed by atoms with Crippen molar-refractivity contribution in [2.45, 2.75) is 12.8 Å². The SMILES string of the molecule is COc1ccc(Cl)cc1-c1ccc(/C=C2/SC(=O)N(CC(=O)N3CCCC3)C2=O)o1. The summed E-state index contributed by atoms with van der Waals surface area (Å²) in [7, 11) is 1.55. The van der Waals surface area contributed by atoms with E-state index >= 15 is 0 Å². The molecule has 0 spiro atoms. The van der Waals surface area contributed by atoms with E-state index < -0.39 is 11.1 Å². The second kappa shape index (κ2) is 8.57. The van der Waals surface area contributed by atoms with Crippen molar-refractivity contribution in [2.75, 3.05) is 26.7 Å². The first kappa shape index (κ1) is 20.6. The second-order valence-electron chi connectivity index (χ2n) is 6.90. The van der Waals surface area contributed by atoms with E-state index in [9.17, 15) is 14.4 Å². The molecule has 2 saturated heterocycles. The Morgan fingerprint density at radius 1 is 1.23 bits per heavy atom. The summed E-state index contributed by atoms with van der Waals surface area (Å²) >= 11 is 6.87. The minimum atomic E-state index is -0.490. The minimum absolute atomic E-state index is 0.204. The first-order valence-corrected chi connectivity index (χ1v) is 10.6. The van der Waals surface area contributed by atoms with E-state index in [-0.39, 0.29) is 17.4 Å². The van der Waals surface area contributed by atoms with Crippen LogP contribution in [-0.4, -0.2) is 53.6 Å². The van der Waals surface area contributed by atoms with Crippen molar-refractivity contribution in [3.8, 4) is 17.1 Å². The van der Waals surface area contributed by atoms with Gasteiger partial charge >= 0.3 is 0 Å². The molecule has 2 aromatic rings. The van der Waals surface area contributed by atoms with E-state index in [1.54, 1.807) is 42.3 Å². The van der Waals surface area contributed by atoms with Crippen molar-refractivity contribution in [1.82, 2.24) is 9.80 Å². The highest BCUT2D eigenvalue weighted by Crippen LogP contribution is 2.36. The fraction of sp³-hybridized carbons (Fsp3) is 0.286. The Labute approximate surface area is 182 Å². The molecule has 3 amide bonds. The Morgan fingerprint density at radius 3 is 2.73 bits per heavy atom. The predicted molar refractivity (Wildman–Crippen MR) is 114 cm³/mol. The summed E-state index contributed by atoms with van der Waals surface area (Å²) in [5.41, 5.74) is 0.675. The summed E-state index contributed by atoms with van der Waals surface area (Å²) in [6, 6.07) is 8.61. The average molecular weight is 447 g/mol. The lowest BCUT2D eigenvalue weighted by Crippen LogP contribution is -2.40. The van der Waals surface area contributed by atoms with Crippen LogP contribution in [0.2, 0.25) is 5.02 Å². The number of methoxy groups -OCH3 is 1. The van der Waals surface area contributed by atoms with E-state index in [1.807, 2.05) is 0 Å². The molecule has 7 nitrogen and oxygen atoms in total. The predicted octanol–water partition coefficient (Wildman–Crippen LogP) is 4.27. The highest BCUT2D eigenvalue weighted by molar-refractivity contribution is 8.18. The zero-order valence-corrected chi connectivity index (χ0v) is 17.8. The molecule has 30 heavy (non-hydrogen) atoms. The molecule has 0 radical (unpaired) electrons.